The fourth-order valence-electron chi connectivity index (χ4n) is 3.10. The first-order chi connectivity index (χ1) is 15.2. The van der Waals surface area contributed by atoms with Crippen molar-refractivity contribution in [2.45, 2.75) is 0 Å². The Kier molecular flexibility index (Phi) is 6.14. The van der Waals surface area contributed by atoms with E-state index < -0.39 is 0 Å². The Labute approximate surface area is 184 Å². The molecule has 7 heteroatoms. The zero-order valence-corrected chi connectivity index (χ0v) is 17.9. The van der Waals surface area contributed by atoms with E-state index in [1.807, 2.05) is 48.5 Å². The molecular formula is C24H21N3O3S. The summed E-state index contributed by atoms with van der Waals surface area (Å²) in [4.78, 5) is 5.84. The van der Waals surface area contributed by atoms with E-state index in [0.29, 0.717) is 22.2 Å². The molecule has 1 heterocycles. The Balaban J connectivity index is 1.63. The first kappa shape index (κ1) is 20.4. The van der Waals surface area contributed by atoms with Gasteiger partial charge in [-0.2, -0.15) is 5.10 Å². The number of nitrogens with one attached hydrogen (secondary N) is 1. The Hall–Kier alpha value is -3.84. The SMILES string of the molecule is COc1cc(C=NNc2nc(-c3ccccc3)c(-c3ccccc3)s2)cc(OC)c1O. The highest BCUT2D eigenvalue weighted by Gasteiger charge is 2.15. The summed E-state index contributed by atoms with van der Waals surface area (Å²) in [6.45, 7) is 0. The Bertz CT molecular complexity index is 1110. The van der Waals surface area contributed by atoms with Gasteiger partial charge in [0.15, 0.2) is 11.5 Å². The number of rotatable bonds is 7. The number of hydrogen-bond acceptors (Lipinski definition) is 7. The molecule has 0 atom stereocenters. The van der Waals surface area contributed by atoms with E-state index in [4.69, 9.17) is 14.5 Å². The predicted octanol–water partition coefficient (Wildman–Crippen LogP) is 5.65. The number of phenolic OH excluding ortho intramolecular Hbond substituents is 1. The average Bonchev–Trinajstić information content (AvgIpc) is 3.25. The third kappa shape index (κ3) is 4.51. The second-order valence-electron chi connectivity index (χ2n) is 6.57. The highest BCUT2D eigenvalue weighted by molar-refractivity contribution is 7.19. The monoisotopic (exact) mass is 431 g/mol. The van der Waals surface area contributed by atoms with Gasteiger partial charge in [0.05, 0.1) is 31.0 Å². The molecule has 2 N–H and O–H groups in total. The van der Waals surface area contributed by atoms with Crippen LogP contribution in [0.5, 0.6) is 17.2 Å². The molecule has 156 valence electrons. The first-order valence-corrected chi connectivity index (χ1v) is 10.4. The van der Waals surface area contributed by atoms with Crippen LogP contribution in [0.3, 0.4) is 0 Å². The van der Waals surface area contributed by atoms with E-state index >= 15 is 0 Å². The van der Waals surface area contributed by atoms with Gasteiger partial charge in [0.25, 0.3) is 0 Å². The van der Waals surface area contributed by atoms with Crippen molar-refractivity contribution < 1.29 is 14.6 Å². The van der Waals surface area contributed by atoms with Gasteiger partial charge in [-0.1, -0.05) is 72.0 Å². The molecule has 1 aromatic heterocycles. The third-order valence-electron chi connectivity index (χ3n) is 4.59. The van der Waals surface area contributed by atoms with Crippen LogP contribution in [-0.4, -0.2) is 30.5 Å². The lowest BCUT2D eigenvalue weighted by Crippen LogP contribution is -1.94. The quantitative estimate of drug-likeness (QED) is 0.292. The Morgan fingerprint density at radius 1 is 0.903 bits per heavy atom. The van der Waals surface area contributed by atoms with Crippen LogP contribution in [0.15, 0.2) is 77.9 Å². The molecule has 0 bridgehead atoms. The van der Waals surface area contributed by atoms with E-state index in [1.165, 1.54) is 25.6 Å². The number of aromatic nitrogens is 1. The van der Waals surface area contributed by atoms with Crippen LogP contribution in [0, 0.1) is 0 Å². The summed E-state index contributed by atoms with van der Waals surface area (Å²) in [7, 11) is 2.97. The van der Waals surface area contributed by atoms with E-state index in [1.54, 1.807) is 18.3 Å². The number of methoxy groups -OCH3 is 2. The van der Waals surface area contributed by atoms with Gasteiger partial charge in [-0.05, 0) is 17.7 Å². The molecular weight excluding hydrogens is 410 g/mol. The highest BCUT2D eigenvalue weighted by atomic mass is 32.1. The molecule has 0 fully saturated rings. The predicted molar refractivity (Wildman–Crippen MR) is 125 cm³/mol. The maximum Gasteiger partial charge on any atom is 0.204 e. The molecule has 0 aliphatic heterocycles. The van der Waals surface area contributed by atoms with Crippen LogP contribution in [0.2, 0.25) is 0 Å². The van der Waals surface area contributed by atoms with Gasteiger partial charge in [-0.15, -0.1) is 0 Å². The van der Waals surface area contributed by atoms with Gasteiger partial charge in [0, 0.05) is 11.1 Å². The maximum absolute atomic E-state index is 10.0. The number of thiazole rings is 1. The molecule has 0 spiro atoms. The number of aromatic hydroxyl groups is 1. The fourth-order valence-corrected chi connectivity index (χ4v) is 4.04. The Morgan fingerprint density at radius 3 is 2.06 bits per heavy atom. The van der Waals surface area contributed by atoms with Crippen molar-refractivity contribution in [3.63, 3.8) is 0 Å². The van der Waals surface area contributed by atoms with Gasteiger partial charge in [-0.25, -0.2) is 4.98 Å². The van der Waals surface area contributed by atoms with Gasteiger partial charge < -0.3 is 14.6 Å². The summed E-state index contributed by atoms with van der Waals surface area (Å²) < 4.78 is 10.4. The number of anilines is 1. The van der Waals surface area contributed by atoms with Gasteiger partial charge in [0.2, 0.25) is 10.9 Å². The van der Waals surface area contributed by atoms with E-state index in [2.05, 4.69) is 22.7 Å². The molecule has 0 saturated carbocycles. The zero-order chi connectivity index (χ0) is 21.6. The van der Waals surface area contributed by atoms with Gasteiger partial charge in [0.1, 0.15) is 0 Å². The zero-order valence-electron chi connectivity index (χ0n) is 17.1. The van der Waals surface area contributed by atoms with Crippen LogP contribution < -0.4 is 14.9 Å². The van der Waals surface area contributed by atoms with Crippen molar-refractivity contribution in [3.05, 3.63) is 78.4 Å². The van der Waals surface area contributed by atoms with Gasteiger partial charge >= 0.3 is 0 Å². The van der Waals surface area contributed by atoms with Crippen LogP contribution in [0.4, 0.5) is 5.13 Å². The molecule has 0 radical (unpaired) electrons. The van der Waals surface area contributed by atoms with Crippen LogP contribution in [-0.2, 0) is 0 Å². The number of phenols is 1. The second-order valence-corrected chi connectivity index (χ2v) is 7.57. The largest absolute Gasteiger partial charge is 0.502 e. The summed E-state index contributed by atoms with van der Waals surface area (Å²) in [5.41, 5.74) is 6.78. The minimum Gasteiger partial charge on any atom is -0.502 e. The summed E-state index contributed by atoms with van der Waals surface area (Å²) in [6.07, 6.45) is 1.62. The third-order valence-corrected chi connectivity index (χ3v) is 5.60. The standard InChI is InChI=1S/C24H21N3O3S/c1-29-19-13-16(14-20(30-2)22(19)28)15-25-27-24-26-21(17-9-5-3-6-10-17)23(31-24)18-11-7-4-8-12-18/h3-15,28H,1-2H3,(H,26,27). The summed E-state index contributed by atoms with van der Waals surface area (Å²) in [5, 5.41) is 15.0. The lowest BCUT2D eigenvalue weighted by Gasteiger charge is -2.09. The van der Waals surface area contributed by atoms with Gasteiger partial charge in [-0.3, -0.25) is 5.43 Å². The molecule has 3 aromatic carbocycles. The molecule has 0 unspecified atom stereocenters. The molecule has 4 aromatic rings. The van der Waals surface area contributed by atoms with Crippen LogP contribution in [0.25, 0.3) is 21.7 Å². The second kappa shape index (κ2) is 9.32. The lowest BCUT2D eigenvalue weighted by atomic mass is 10.1. The molecule has 0 aliphatic carbocycles. The van der Waals surface area contributed by atoms with Crippen molar-refractivity contribution in [3.8, 4) is 38.9 Å². The molecule has 31 heavy (non-hydrogen) atoms. The van der Waals surface area contributed by atoms with Crippen molar-refractivity contribution in [2.75, 3.05) is 19.6 Å². The minimum absolute atomic E-state index is 0.0463. The number of ether oxygens (including phenoxy) is 2. The number of benzene rings is 3. The first-order valence-electron chi connectivity index (χ1n) is 9.55. The van der Waals surface area contributed by atoms with Crippen LogP contribution in [0.1, 0.15) is 5.56 Å². The number of nitrogens with zero attached hydrogens (tertiary/aromatic N) is 2. The minimum atomic E-state index is -0.0463. The topological polar surface area (TPSA) is 76.0 Å². The number of hydrogen-bond donors (Lipinski definition) is 2. The average molecular weight is 432 g/mol. The summed E-state index contributed by atoms with van der Waals surface area (Å²) in [5.74, 6) is 0.579. The molecule has 0 amide bonds. The van der Waals surface area contributed by atoms with Crippen LogP contribution >= 0.6 is 11.3 Å². The van der Waals surface area contributed by atoms with Crippen molar-refractivity contribution in [1.29, 1.82) is 0 Å². The Morgan fingerprint density at radius 2 is 1.48 bits per heavy atom. The maximum atomic E-state index is 10.0. The van der Waals surface area contributed by atoms with E-state index in [9.17, 15) is 5.11 Å². The molecule has 4 rings (SSSR count). The van der Waals surface area contributed by atoms with Crippen molar-refractivity contribution in [2.24, 2.45) is 5.10 Å². The van der Waals surface area contributed by atoms with Crippen molar-refractivity contribution in [1.82, 2.24) is 4.98 Å². The smallest absolute Gasteiger partial charge is 0.204 e. The normalized spacial score (nSPS) is 10.9. The lowest BCUT2D eigenvalue weighted by molar-refractivity contribution is 0.340. The molecule has 0 saturated heterocycles. The summed E-state index contributed by atoms with van der Waals surface area (Å²) in [6, 6.07) is 23.6. The van der Waals surface area contributed by atoms with E-state index in [-0.39, 0.29) is 5.75 Å². The highest BCUT2D eigenvalue weighted by Crippen LogP contribution is 2.39. The molecule has 6 nitrogen and oxygen atoms in total. The van der Waals surface area contributed by atoms with E-state index in [0.717, 1.165) is 21.7 Å². The number of hydrazone groups is 1. The summed E-state index contributed by atoms with van der Waals surface area (Å²) >= 11 is 1.53. The fraction of sp³-hybridized carbons (Fsp3) is 0.0833. The molecule has 0 aliphatic rings. The van der Waals surface area contributed by atoms with Crippen molar-refractivity contribution >= 4 is 22.7 Å².